The molecule has 0 amide bonds. The highest BCUT2D eigenvalue weighted by atomic mass is 32.2. The predicted molar refractivity (Wildman–Crippen MR) is 102 cm³/mol. The largest absolute Gasteiger partial charge is 0.491 e. The predicted octanol–water partition coefficient (Wildman–Crippen LogP) is 2.22. The van der Waals surface area contributed by atoms with E-state index in [2.05, 4.69) is 4.72 Å². The number of benzene rings is 2. The Kier molecular flexibility index (Phi) is 8.53. The maximum Gasteiger partial charge on any atom is 0.240 e. The van der Waals surface area contributed by atoms with Crippen LogP contribution >= 0.6 is 0 Å². The summed E-state index contributed by atoms with van der Waals surface area (Å²) in [5, 5.41) is 0. The summed E-state index contributed by atoms with van der Waals surface area (Å²) in [7, 11) is -0.404. The fourth-order valence-electron chi connectivity index (χ4n) is 2.17. The molecule has 0 bridgehead atoms. The van der Waals surface area contributed by atoms with Gasteiger partial charge in [0, 0.05) is 20.8 Å². The standard InChI is InChI=1S/C19H25NO6S/c1-23-11-13-25-17-5-3-16(4-6-17)15-20-27(21,22)19-9-7-18(8-10-19)26-14-12-24-2/h3-10,20H,11-15H2,1-2H3. The molecule has 27 heavy (non-hydrogen) atoms. The number of sulfonamides is 1. The van der Waals surface area contributed by atoms with Gasteiger partial charge in [-0.25, -0.2) is 13.1 Å². The molecule has 0 heterocycles. The van der Waals surface area contributed by atoms with E-state index in [0.29, 0.717) is 37.9 Å². The van der Waals surface area contributed by atoms with Crippen LogP contribution in [0, 0.1) is 0 Å². The molecule has 7 nitrogen and oxygen atoms in total. The Labute approximate surface area is 160 Å². The second-order valence-electron chi connectivity index (χ2n) is 5.62. The molecule has 0 fully saturated rings. The van der Waals surface area contributed by atoms with Gasteiger partial charge >= 0.3 is 0 Å². The monoisotopic (exact) mass is 395 g/mol. The number of ether oxygens (including phenoxy) is 4. The number of hydrogen-bond acceptors (Lipinski definition) is 6. The van der Waals surface area contributed by atoms with Gasteiger partial charge in [-0.05, 0) is 42.0 Å². The van der Waals surface area contributed by atoms with E-state index >= 15 is 0 Å². The van der Waals surface area contributed by atoms with Crippen molar-refractivity contribution in [1.82, 2.24) is 4.72 Å². The minimum Gasteiger partial charge on any atom is -0.491 e. The normalized spacial score (nSPS) is 11.3. The van der Waals surface area contributed by atoms with E-state index in [9.17, 15) is 8.42 Å². The number of rotatable bonds is 12. The Morgan fingerprint density at radius 3 is 1.70 bits per heavy atom. The summed E-state index contributed by atoms with van der Waals surface area (Å²) in [4.78, 5) is 0.182. The van der Waals surface area contributed by atoms with Crippen molar-refractivity contribution in [3.05, 3.63) is 54.1 Å². The molecule has 0 unspecified atom stereocenters. The van der Waals surface area contributed by atoms with Crippen molar-refractivity contribution < 1.29 is 27.4 Å². The Balaban J connectivity index is 1.88. The van der Waals surface area contributed by atoms with Crippen LogP contribution in [0.1, 0.15) is 5.56 Å². The van der Waals surface area contributed by atoms with E-state index < -0.39 is 10.0 Å². The lowest BCUT2D eigenvalue weighted by atomic mass is 10.2. The molecule has 2 aromatic rings. The maximum absolute atomic E-state index is 12.4. The second kappa shape index (κ2) is 10.9. The van der Waals surface area contributed by atoms with Crippen LogP contribution in [-0.2, 0) is 26.0 Å². The fraction of sp³-hybridized carbons (Fsp3) is 0.368. The van der Waals surface area contributed by atoms with Gasteiger partial charge in [-0.1, -0.05) is 12.1 Å². The maximum atomic E-state index is 12.4. The molecule has 0 atom stereocenters. The molecule has 148 valence electrons. The zero-order valence-electron chi connectivity index (χ0n) is 15.5. The summed E-state index contributed by atoms with van der Waals surface area (Å²) < 4.78 is 48.1. The van der Waals surface area contributed by atoms with E-state index in [0.717, 1.165) is 5.56 Å². The summed E-state index contributed by atoms with van der Waals surface area (Å²) in [6.45, 7) is 2.04. The molecule has 0 spiro atoms. The summed E-state index contributed by atoms with van der Waals surface area (Å²) in [5.74, 6) is 1.30. The van der Waals surface area contributed by atoms with Crippen molar-refractivity contribution in [1.29, 1.82) is 0 Å². The van der Waals surface area contributed by atoms with Crippen molar-refractivity contribution >= 4 is 10.0 Å². The van der Waals surface area contributed by atoms with Gasteiger partial charge in [0.15, 0.2) is 0 Å². The molecule has 0 radical (unpaired) electrons. The quantitative estimate of drug-likeness (QED) is 0.555. The Bertz CT molecular complexity index is 775. The zero-order valence-corrected chi connectivity index (χ0v) is 16.3. The molecule has 0 aliphatic rings. The molecule has 0 saturated heterocycles. The van der Waals surface area contributed by atoms with Gasteiger partial charge in [-0.2, -0.15) is 0 Å². The number of nitrogens with one attached hydrogen (secondary N) is 1. The van der Waals surface area contributed by atoms with Gasteiger partial charge in [0.25, 0.3) is 0 Å². The minimum atomic E-state index is -3.61. The van der Waals surface area contributed by atoms with Crippen molar-refractivity contribution in [2.45, 2.75) is 11.4 Å². The summed E-state index contributed by atoms with van der Waals surface area (Å²) in [6, 6.07) is 13.5. The average Bonchev–Trinajstić information content (AvgIpc) is 2.68. The number of methoxy groups -OCH3 is 2. The minimum absolute atomic E-state index is 0.182. The molecule has 0 saturated carbocycles. The van der Waals surface area contributed by atoms with Crippen LogP contribution in [0.3, 0.4) is 0 Å². The summed E-state index contributed by atoms with van der Waals surface area (Å²) in [6.07, 6.45) is 0. The first kappa shape index (κ1) is 21.2. The highest BCUT2D eigenvalue weighted by Gasteiger charge is 2.13. The average molecular weight is 395 g/mol. The molecule has 1 N–H and O–H groups in total. The molecule has 0 aliphatic heterocycles. The van der Waals surface area contributed by atoms with Crippen LogP contribution in [0.4, 0.5) is 0 Å². The summed E-state index contributed by atoms with van der Waals surface area (Å²) >= 11 is 0. The molecule has 8 heteroatoms. The zero-order chi connectivity index (χ0) is 19.5. The first-order valence-electron chi connectivity index (χ1n) is 8.47. The molecule has 2 rings (SSSR count). The molecule has 0 aromatic heterocycles. The third kappa shape index (κ3) is 7.18. The van der Waals surface area contributed by atoms with Gasteiger partial charge < -0.3 is 18.9 Å². The van der Waals surface area contributed by atoms with Crippen LogP contribution in [0.25, 0.3) is 0 Å². The molecule has 0 aliphatic carbocycles. The topological polar surface area (TPSA) is 83.1 Å². The first-order chi connectivity index (χ1) is 13.0. The van der Waals surface area contributed by atoms with Crippen molar-refractivity contribution in [2.24, 2.45) is 0 Å². The fourth-order valence-corrected chi connectivity index (χ4v) is 3.18. The van der Waals surface area contributed by atoms with E-state index in [1.54, 1.807) is 38.5 Å². The lowest BCUT2D eigenvalue weighted by Crippen LogP contribution is -2.23. The molecule has 2 aromatic carbocycles. The van der Waals surface area contributed by atoms with E-state index in [4.69, 9.17) is 18.9 Å². The Hall–Kier alpha value is -2.13. The second-order valence-corrected chi connectivity index (χ2v) is 7.39. The Morgan fingerprint density at radius 2 is 1.22 bits per heavy atom. The van der Waals surface area contributed by atoms with Crippen LogP contribution in [-0.4, -0.2) is 49.1 Å². The van der Waals surface area contributed by atoms with Gasteiger partial charge in [-0.3, -0.25) is 0 Å². The summed E-state index contributed by atoms with van der Waals surface area (Å²) in [5.41, 5.74) is 0.831. The van der Waals surface area contributed by atoms with Gasteiger partial charge in [0.2, 0.25) is 10.0 Å². The van der Waals surface area contributed by atoms with Crippen LogP contribution in [0.2, 0.25) is 0 Å². The van der Waals surface area contributed by atoms with Gasteiger partial charge in [-0.15, -0.1) is 0 Å². The van der Waals surface area contributed by atoms with Crippen LogP contribution < -0.4 is 14.2 Å². The SMILES string of the molecule is COCCOc1ccc(CNS(=O)(=O)c2ccc(OCCOC)cc2)cc1. The molecular formula is C19H25NO6S. The van der Waals surface area contributed by atoms with Gasteiger partial charge in [0.05, 0.1) is 18.1 Å². The highest BCUT2D eigenvalue weighted by Crippen LogP contribution is 2.17. The third-order valence-electron chi connectivity index (χ3n) is 3.64. The third-order valence-corrected chi connectivity index (χ3v) is 5.05. The smallest absolute Gasteiger partial charge is 0.240 e. The van der Waals surface area contributed by atoms with E-state index in [1.807, 2.05) is 12.1 Å². The van der Waals surface area contributed by atoms with Crippen molar-refractivity contribution in [2.75, 3.05) is 40.6 Å². The first-order valence-corrected chi connectivity index (χ1v) is 9.95. The molecular weight excluding hydrogens is 370 g/mol. The van der Waals surface area contributed by atoms with Crippen LogP contribution in [0.15, 0.2) is 53.4 Å². The van der Waals surface area contributed by atoms with Crippen molar-refractivity contribution in [3.8, 4) is 11.5 Å². The van der Waals surface area contributed by atoms with E-state index in [1.165, 1.54) is 12.1 Å². The lowest BCUT2D eigenvalue weighted by Gasteiger charge is -2.10. The van der Waals surface area contributed by atoms with Gasteiger partial charge in [0.1, 0.15) is 24.7 Å². The van der Waals surface area contributed by atoms with Crippen LogP contribution in [0.5, 0.6) is 11.5 Å². The van der Waals surface area contributed by atoms with E-state index in [-0.39, 0.29) is 11.4 Å². The lowest BCUT2D eigenvalue weighted by molar-refractivity contribution is 0.146. The Morgan fingerprint density at radius 1 is 0.741 bits per heavy atom. The number of hydrogen-bond donors (Lipinski definition) is 1. The van der Waals surface area contributed by atoms with Crippen molar-refractivity contribution in [3.63, 3.8) is 0 Å². The highest BCUT2D eigenvalue weighted by molar-refractivity contribution is 7.89.